The van der Waals surface area contributed by atoms with Crippen LogP contribution in [0.3, 0.4) is 0 Å². The minimum absolute atomic E-state index is 0.0786. The number of thiocarbonyl (C=S) groups is 1. The number of rotatable bonds is 4. The Bertz CT molecular complexity index is 1120. The maximum absolute atomic E-state index is 12.7. The Morgan fingerprint density at radius 1 is 0.931 bits per heavy atom. The molecule has 148 valence electrons. The van der Waals surface area contributed by atoms with Crippen LogP contribution in [0.25, 0.3) is 10.8 Å². The lowest BCUT2D eigenvalue weighted by Crippen LogP contribution is -2.34. The van der Waals surface area contributed by atoms with Gasteiger partial charge in [-0.05, 0) is 47.9 Å². The number of anilines is 2. The highest BCUT2D eigenvalue weighted by atomic mass is 35.5. The van der Waals surface area contributed by atoms with E-state index < -0.39 is 0 Å². The van der Waals surface area contributed by atoms with Gasteiger partial charge in [0.05, 0.1) is 10.7 Å². The molecule has 8 heteroatoms. The molecule has 0 aliphatic rings. The van der Waals surface area contributed by atoms with Crippen molar-refractivity contribution in [3.63, 3.8) is 0 Å². The van der Waals surface area contributed by atoms with Gasteiger partial charge in [0.15, 0.2) is 5.11 Å². The molecule has 0 spiro atoms. The molecular formula is C21H17Cl2N3O2S. The van der Waals surface area contributed by atoms with Crippen molar-refractivity contribution in [2.45, 2.75) is 13.3 Å². The molecule has 0 bridgehead atoms. The van der Waals surface area contributed by atoms with Gasteiger partial charge in [0.1, 0.15) is 0 Å². The summed E-state index contributed by atoms with van der Waals surface area (Å²) in [6, 6.07) is 15.6. The molecule has 0 aliphatic heterocycles. The number of hydrogen-bond donors (Lipinski definition) is 3. The second kappa shape index (κ2) is 9.22. The summed E-state index contributed by atoms with van der Waals surface area (Å²) in [6.45, 7) is 1.76. The number of halogens is 2. The van der Waals surface area contributed by atoms with Crippen molar-refractivity contribution >= 4 is 74.5 Å². The number of carbonyl (C=O) groups excluding carboxylic acids is 2. The second-order valence-electron chi connectivity index (χ2n) is 6.15. The molecule has 3 rings (SSSR count). The van der Waals surface area contributed by atoms with Crippen LogP contribution in [-0.4, -0.2) is 16.9 Å². The molecule has 0 saturated carbocycles. The first-order valence-corrected chi connectivity index (χ1v) is 9.94. The van der Waals surface area contributed by atoms with Crippen LogP contribution < -0.4 is 16.0 Å². The van der Waals surface area contributed by atoms with Crippen LogP contribution in [0.1, 0.15) is 23.7 Å². The maximum Gasteiger partial charge on any atom is 0.258 e. The van der Waals surface area contributed by atoms with Crippen molar-refractivity contribution in [1.82, 2.24) is 5.32 Å². The Hall–Kier alpha value is -2.67. The van der Waals surface area contributed by atoms with E-state index in [1.807, 2.05) is 12.1 Å². The first-order valence-electron chi connectivity index (χ1n) is 8.78. The second-order valence-corrected chi connectivity index (χ2v) is 7.37. The van der Waals surface area contributed by atoms with E-state index >= 15 is 0 Å². The van der Waals surface area contributed by atoms with Gasteiger partial charge >= 0.3 is 0 Å². The van der Waals surface area contributed by atoms with Crippen LogP contribution in [0.15, 0.2) is 54.6 Å². The van der Waals surface area contributed by atoms with Gasteiger partial charge in [-0.3, -0.25) is 14.9 Å². The molecule has 0 radical (unpaired) electrons. The maximum atomic E-state index is 12.7. The molecule has 0 fully saturated rings. The molecule has 3 N–H and O–H groups in total. The Balaban J connectivity index is 1.76. The van der Waals surface area contributed by atoms with E-state index in [1.165, 1.54) is 0 Å². The number of nitrogens with one attached hydrogen (secondary N) is 3. The summed E-state index contributed by atoms with van der Waals surface area (Å²) in [7, 11) is 0. The van der Waals surface area contributed by atoms with Crippen molar-refractivity contribution in [1.29, 1.82) is 0 Å². The van der Waals surface area contributed by atoms with E-state index in [0.29, 0.717) is 33.4 Å². The molecule has 2 amide bonds. The predicted octanol–water partition coefficient (Wildman–Crippen LogP) is 5.62. The zero-order chi connectivity index (χ0) is 21.0. The first-order chi connectivity index (χ1) is 13.9. The monoisotopic (exact) mass is 445 g/mol. The van der Waals surface area contributed by atoms with Gasteiger partial charge in [-0.2, -0.15) is 0 Å². The van der Waals surface area contributed by atoms with Gasteiger partial charge in [0.2, 0.25) is 5.91 Å². The zero-order valence-corrected chi connectivity index (χ0v) is 17.7. The lowest BCUT2D eigenvalue weighted by molar-refractivity contribution is -0.115. The van der Waals surface area contributed by atoms with Gasteiger partial charge in [-0.25, -0.2) is 0 Å². The van der Waals surface area contributed by atoms with Crippen molar-refractivity contribution in [3.8, 4) is 0 Å². The Morgan fingerprint density at radius 2 is 1.66 bits per heavy atom. The van der Waals surface area contributed by atoms with Crippen LogP contribution >= 0.6 is 35.4 Å². The third-order valence-electron chi connectivity index (χ3n) is 4.16. The molecule has 0 aromatic heterocycles. The minimum Gasteiger partial charge on any atom is -0.331 e. The molecule has 0 aliphatic carbocycles. The van der Waals surface area contributed by atoms with Crippen molar-refractivity contribution < 1.29 is 9.59 Å². The van der Waals surface area contributed by atoms with Gasteiger partial charge in [0, 0.05) is 28.1 Å². The number of fused-ring (bicyclic) bond motifs is 1. The Kier molecular flexibility index (Phi) is 6.69. The summed E-state index contributed by atoms with van der Waals surface area (Å²) < 4.78 is 0. The third kappa shape index (κ3) is 5.03. The van der Waals surface area contributed by atoms with Crippen molar-refractivity contribution in [3.05, 3.63) is 70.2 Å². The molecule has 0 saturated heterocycles. The van der Waals surface area contributed by atoms with Gasteiger partial charge in [-0.1, -0.05) is 54.4 Å². The average Bonchev–Trinajstić information content (AvgIpc) is 2.70. The molecule has 5 nitrogen and oxygen atoms in total. The third-order valence-corrected chi connectivity index (χ3v) is 5.02. The standard InChI is InChI=1S/C21H17Cl2N3O2S/c1-2-19(27)24-12-9-10-17(23)18(11-12)25-21(29)26-20(28)15-7-3-6-14-13(15)5-4-8-16(14)22/h3-11H,2H2,1H3,(H,24,27)(H2,25,26,28,29). The van der Waals surface area contributed by atoms with Gasteiger partial charge in [-0.15, -0.1) is 0 Å². The van der Waals surface area contributed by atoms with Crippen molar-refractivity contribution in [2.24, 2.45) is 0 Å². The van der Waals surface area contributed by atoms with E-state index in [9.17, 15) is 9.59 Å². The highest BCUT2D eigenvalue weighted by Crippen LogP contribution is 2.27. The summed E-state index contributed by atoms with van der Waals surface area (Å²) in [5.74, 6) is -0.495. The number of hydrogen-bond acceptors (Lipinski definition) is 3. The highest BCUT2D eigenvalue weighted by Gasteiger charge is 2.13. The SMILES string of the molecule is CCC(=O)Nc1ccc(Cl)c(NC(=S)NC(=O)c2cccc3c(Cl)cccc23)c1. The largest absolute Gasteiger partial charge is 0.331 e. The van der Waals surface area contributed by atoms with Crippen LogP contribution in [0, 0.1) is 0 Å². The van der Waals surface area contributed by atoms with E-state index in [1.54, 1.807) is 49.4 Å². The number of carbonyl (C=O) groups is 2. The fraction of sp³-hybridized carbons (Fsp3) is 0.0952. The predicted molar refractivity (Wildman–Crippen MR) is 123 cm³/mol. The topological polar surface area (TPSA) is 70.2 Å². The first kappa shape index (κ1) is 21.0. The molecule has 3 aromatic rings. The van der Waals surface area contributed by atoms with Gasteiger partial charge < -0.3 is 10.6 Å². The van der Waals surface area contributed by atoms with E-state index in [-0.39, 0.29) is 16.9 Å². The molecule has 0 atom stereocenters. The fourth-order valence-electron chi connectivity index (χ4n) is 2.74. The van der Waals surface area contributed by atoms with E-state index in [4.69, 9.17) is 35.4 Å². The minimum atomic E-state index is -0.373. The Morgan fingerprint density at radius 3 is 2.41 bits per heavy atom. The summed E-state index contributed by atoms with van der Waals surface area (Å²) in [5.41, 5.74) is 1.48. The molecule has 3 aromatic carbocycles. The quantitative estimate of drug-likeness (QED) is 0.455. The van der Waals surface area contributed by atoms with Crippen LogP contribution in [0.4, 0.5) is 11.4 Å². The van der Waals surface area contributed by atoms with Crippen LogP contribution in [-0.2, 0) is 4.79 Å². The molecule has 0 heterocycles. The number of benzene rings is 3. The normalized spacial score (nSPS) is 10.4. The van der Waals surface area contributed by atoms with Crippen LogP contribution in [0.2, 0.25) is 10.0 Å². The van der Waals surface area contributed by atoms with Gasteiger partial charge in [0.25, 0.3) is 5.91 Å². The fourth-order valence-corrected chi connectivity index (χ4v) is 3.35. The average molecular weight is 446 g/mol. The zero-order valence-electron chi connectivity index (χ0n) is 15.4. The molecule has 0 unspecified atom stereocenters. The molecular weight excluding hydrogens is 429 g/mol. The van der Waals surface area contributed by atoms with Crippen molar-refractivity contribution in [2.75, 3.05) is 10.6 Å². The Labute approximate surface area is 183 Å². The lowest BCUT2D eigenvalue weighted by Gasteiger charge is -2.13. The summed E-state index contributed by atoms with van der Waals surface area (Å²) in [4.78, 5) is 24.3. The summed E-state index contributed by atoms with van der Waals surface area (Å²) in [5, 5.41) is 10.8. The smallest absolute Gasteiger partial charge is 0.258 e. The lowest BCUT2D eigenvalue weighted by atomic mass is 10.0. The number of amides is 2. The van der Waals surface area contributed by atoms with Crippen LogP contribution in [0.5, 0.6) is 0 Å². The van der Waals surface area contributed by atoms with E-state index in [0.717, 1.165) is 10.8 Å². The van der Waals surface area contributed by atoms with E-state index in [2.05, 4.69) is 16.0 Å². The molecule has 29 heavy (non-hydrogen) atoms. The summed E-state index contributed by atoms with van der Waals surface area (Å²) in [6.07, 6.45) is 0.356. The summed E-state index contributed by atoms with van der Waals surface area (Å²) >= 11 is 17.7. The highest BCUT2D eigenvalue weighted by molar-refractivity contribution is 7.80.